The summed E-state index contributed by atoms with van der Waals surface area (Å²) < 4.78 is 26.6. The van der Waals surface area contributed by atoms with Crippen LogP contribution in [0.1, 0.15) is 52.0 Å². The van der Waals surface area contributed by atoms with E-state index in [1.165, 1.54) is 12.1 Å². The molecule has 0 radical (unpaired) electrons. The minimum absolute atomic E-state index is 0.0310. The number of nitrogens with zero attached hydrogens (tertiary/aromatic N) is 2. The molecule has 2 aliphatic carbocycles. The Kier molecular flexibility index (Phi) is 3.70. The van der Waals surface area contributed by atoms with Crippen molar-refractivity contribution in [1.29, 1.82) is 0 Å². The van der Waals surface area contributed by atoms with Crippen molar-refractivity contribution in [2.24, 2.45) is 0 Å². The molecule has 5 rings (SSSR count). The van der Waals surface area contributed by atoms with Crippen LogP contribution in [0.2, 0.25) is 0 Å². The van der Waals surface area contributed by atoms with Gasteiger partial charge < -0.3 is 4.90 Å². The van der Waals surface area contributed by atoms with Gasteiger partial charge in [-0.25, -0.2) is 12.7 Å². The van der Waals surface area contributed by atoms with Crippen LogP contribution in [-0.4, -0.2) is 41.5 Å². The molecule has 8 heteroatoms. The van der Waals surface area contributed by atoms with Gasteiger partial charge in [0.2, 0.25) is 0 Å². The number of rotatable bonds is 5. The molecule has 2 amide bonds. The minimum atomic E-state index is -3.85. The highest BCUT2D eigenvalue weighted by Gasteiger charge is 2.49. The first-order valence-corrected chi connectivity index (χ1v) is 11.4. The maximum absolute atomic E-state index is 13.1. The lowest BCUT2D eigenvalue weighted by atomic mass is 10.1. The Morgan fingerprint density at radius 1 is 1.19 bits per heavy atom. The highest BCUT2D eigenvalue weighted by atomic mass is 32.2. The number of fused-ring (bicyclic) bond motifs is 1. The molecule has 2 saturated carbocycles. The van der Waals surface area contributed by atoms with Crippen molar-refractivity contribution in [2.75, 3.05) is 0 Å². The van der Waals surface area contributed by atoms with Gasteiger partial charge in [0.25, 0.3) is 21.8 Å². The Morgan fingerprint density at radius 3 is 2.59 bits per heavy atom. The van der Waals surface area contributed by atoms with Gasteiger partial charge >= 0.3 is 0 Å². The van der Waals surface area contributed by atoms with E-state index in [2.05, 4.69) is 0 Å². The van der Waals surface area contributed by atoms with Gasteiger partial charge in [-0.3, -0.25) is 9.59 Å². The van der Waals surface area contributed by atoms with Gasteiger partial charge in [-0.05, 0) is 66.3 Å². The summed E-state index contributed by atoms with van der Waals surface area (Å²) in [5.41, 5.74) is 1.57. The molecular formula is C19H18N2O4S2. The van der Waals surface area contributed by atoms with Crippen molar-refractivity contribution in [3.8, 4) is 0 Å². The number of benzene rings is 1. The van der Waals surface area contributed by atoms with Gasteiger partial charge in [0, 0.05) is 24.2 Å². The standard InChI is InChI=1S/C19H18N2O4S2/c22-18(20(14-2-3-14)10-12-7-8-26-11-12)13-1-6-16-17(9-13)27(24,25)21(19(16)23)15-4-5-15/h1,6-9,11,14-15H,2-5,10H2. The highest BCUT2D eigenvalue weighted by Crippen LogP contribution is 2.40. The van der Waals surface area contributed by atoms with Crippen molar-refractivity contribution in [3.63, 3.8) is 0 Å². The molecule has 6 nitrogen and oxygen atoms in total. The summed E-state index contributed by atoms with van der Waals surface area (Å²) in [4.78, 5) is 27.4. The van der Waals surface area contributed by atoms with Crippen molar-refractivity contribution in [1.82, 2.24) is 9.21 Å². The van der Waals surface area contributed by atoms with E-state index >= 15 is 0 Å². The van der Waals surface area contributed by atoms with Crippen LogP contribution in [-0.2, 0) is 16.6 Å². The van der Waals surface area contributed by atoms with Crippen LogP contribution >= 0.6 is 11.3 Å². The summed E-state index contributed by atoms with van der Waals surface area (Å²) in [5.74, 6) is -0.650. The fraction of sp³-hybridized carbons (Fsp3) is 0.368. The van der Waals surface area contributed by atoms with E-state index in [9.17, 15) is 18.0 Å². The second-order valence-electron chi connectivity index (χ2n) is 7.34. The largest absolute Gasteiger partial charge is 0.331 e. The first-order chi connectivity index (χ1) is 13.0. The summed E-state index contributed by atoms with van der Waals surface area (Å²) >= 11 is 1.59. The number of carbonyl (C=O) groups excluding carboxylic acids is 2. The summed E-state index contributed by atoms with van der Waals surface area (Å²) in [7, 11) is -3.85. The van der Waals surface area contributed by atoms with Gasteiger partial charge in [-0.2, -0.15) is 11.3 Å². The van der Waals surface area contributed by atoms with E-state index in [1.54, 1.807) is 17.4 Å². The lowest BCUT2D eigenvalue weighted by molar-refractivity contribution is 0.0729. The zero-order valence-electron chi connectivity index (χ0n) is 14.5. The average molecular weight is 402 g/mol. The Morgan fingerprint density at radius 2 is 1.96 bits per heavy atom. The quantitative estimate of drug-likeness (QED) is 0.771. The highest BCUT2D eigenvalue weighted by molar-refractivity contribution is 7.90. The van der Waals surface area contributed by atoms with E-state index in [4.69, 9.17) is 0 Å². The zero-order chi connectivity index (χ0) is 18.8. The molecule has 1 aromatic carbocycles. The van der Waals surface area contributed by atoms with E-state index in [0.29, 0.717) is 24.9 Å². The third kappa shape index (κ3) is 2.78. The van der Waals surface area contributed by atoms with Gasteiger partial charge in [0.05, 0.1) is 5.56 Å². The molecule has 2 aromatic rings. The normalized spacial score (nSPS) is 20.6. The number of hydrogen-bond donors (Lipinski definition) is 0. The third-order valence-corrected chi connectivity index (χ3v) is 7.86. The molecule has 0 bridgehead atoms. The van der Waals surface area contributed by atoms with Gasteiger partial charge in [-0.1, -0.05) is 0 Å². The molecule has 140 valence electrons. The molecule has 0 N–H and O–H groups in total. The molecule has 3 aliphatic rings. The smallest absolute Gasteiger partial charge is 0.269 e. The third-order valence-electron chi connectivity index (χ3n) is 5.26. The zero-order valence-corrected chi connectivity index (χ0v) is 16.1. The Labute approximate surface area is 161 Å². The van der Waals surface area contributed by atoms with Crippen molar-refractivity contribution in [3.05, 3.63) is 51.7 Å². The molecule has 0 saturated heterocycles. The maximum atomic E-state index is 13.1. The van der Waals surface area contributed by atoms with E-state index in [1.807, 2.05) is 21.7 Å². The number of sulfonamides is 1. The molecular weight excluding hydrogens is 384 g/mol. The van der Waals surface area contributed by atoms with E-state index < -0.39 is 15.9 Å². The van der Waals surface area contributed by atoms with Gasteiger partial charge in [0.15, 0.2) is 0 Å². The van der Waals surface area contributed by atoms with Crippen LogP contribution in [0.15, 0.2) is 39.9 Å². The van der Waals surface area contributed by atoms with Crippen molar-refractivity contribution in [2.45, 2.75) is 49.2 Å². The Hall–Kier alpha value is -2.19. The average Bonchev–Trinajstić information content (AvgIpc) is 3.58. The van der Waals surface area contributed by atoms with Crippen LogP contribution in [0.25, 0.3) is 0 Å². The topological polar surface area (TPSA) is 74.8 Å². The first-order valence-electron chi connectivity index (χ1n) is 9.01. The monoisotopic (exact) mass is 402 g/mol. The summed E-state index contributed by atoms with van der Waals surface area (Å²) in [5, 5.41) is 3.99. The molecule has 2 heterocycles. The minimum Gasteiger partial charge on any atom is -0.331 e. The molecule has 1 aromatic heterocycles. The summed E-state index contributed by atoms with van der Waals surface area (Å²) in [6.45, 7) is 0.518. The fourth-order valence-corrected chi connectivity index (χ4v) is 6.05. The second kappa shape index (κ2) is 5.90. The van der Waals surface area contributed by atoms with Crippen LogP contribution in [0.3, 0.4) is 0 Å². The molecule has 1 aliphatic heterocycles. The molecule has 2 fully saturated rings. The number of amides is 2. The lowest BCUT2D eigenvalue weighted by Crippen LogP contribution is -2.32. The van der Waals surface area contributed by atoms with E-state index in [-0.39, 0.29) is 28.4 Å². The Balaban J connectivity index is 1.49. The second-order valence-corrected chi connectivity index (χ2v) is 9.91. The van der Waals surface area contributed by atoms with Crippen LogP contribution in [0.5, 0.6) is 0 Å². The van der Waals surface area contributed by atoms with Gasteiger partial charge in [-0.15, -0.1) is 0 Å². The Bertz CT molecular complexity index is 1040. The summed E-state index contributed by atoms with van der Waals surface area (Å²) in [6.07, 6.45) is 3.35. The maximum Gasteiger partial charge on any atom is 0.269 e. The molecule has 0 atom stereocenters. The lowest BCUT2D eigenvalue weighted by Gasteiger charge is -2.22. The van der Waals surface area contributed by atoms with Crippen molar-refractivity contribution < 1.29 is 18.0 Å². The first kappa shape index (κ1) is 16.9. The van der Waals surface area contributed by atoms with Crippen LogP contribution in [0.4, 0.5) is 0 Å². The molecule has 0 spiro atoms. The van der Waals surface area contributed by atoms with Crippen LogP contribution in [0, 0.1) is 0 Å². The molecule has 0 unspecified atom stereocenters. The number of thiophene rings is 1. The van der Waals surface area contributed by atoms with E-state index in [0.717, 1.165) is 22.7 Å². The summed E-state index contributed by atoms with van der Waals surface area (Å²) in [6, 6.07) is 6.42. The number of hydrogen-bond acceptors (Lipinski definition) is 5. The van der Waals surface area contributed by atoms with Crippen molar-refractivity contribution >= 4 is 33.2 Å². The predicted molar refractivity (Wildman–Crippen MR) is 100 cm³/mol. The fourth-order valence-electron chi connectivity index (χ4n) is 3.55. The molecule has 27 heavy (non-hydrogen) atoms. The van der Waals surface area contributed by atoms with Gasteiger partial charge in [0.1, 0.15) is 4.90 Å². The van der Waals surface area contributed by atoms with Crippen LogP contribution < -0.4 is 0 Å². The predicted octanol–water partition coefficient (Wildman–Crippen LogP) is 2.86. The SMILES string of the molecule is O=C(c1ccc2c(c1)S(=O)(=O)N(C1CC1)C2=O)N(Cc1ccsc1)C1CC1. The number of carbonyl (C=O) groups is 2.